The van der Waals surface area contributed by atoms with E-state index in [-0.39, 0.29) is 18.0 Å². The fourth-order valence-electron chi connectivity index (χ4n) is 2.65. The minimum absolute atomic E-state index is 0.0248. The second-order valence-corrected chi connectivity index (χ2v) is 6.53. The summed E-state index contributed by atoms with van der Waals surface area (Å²) in [6.07, 6.45) is 0.210. The maximum absolute atomic E-state index is 12.1. The molecule has 0 bridgehead atoms. The number of nitrogens with one attached hydrogen (secondary N) is 1. The maximum Gasteiger partial charge on any atom is 0.490 e. The highest BCUT2D eigenvalue weighted by Gasteiger charge is 2.38. The van der Waals surface area contributed by atoms with Crippen molar-refractivity contribution in [2.75, 3.05) is 11.4 Å². The van der Waals surface area contributed by atoms with E-state index >= 15 is 0 Å². The minimum atomic E-state index is -5.08. The number of hydrogen-bond donors (Lipinski definition) is 2. The highest BCUT2D eigenvalue weighted by atomic mass is 19.4. The molecule has 158 valence electrons. The average molecular weight is 414 g/mol. The van der Waals surface area contributed by atoms with Crippen molar-refractivity contribution < 1.29 is 27.9 Å². The Morgan fingerprint density at radius 2 is 1.83 bits per heavy atom. The number of carbonyl (C=O) groups is 2. The van der Waals surface area contributed by atoms with Crippen molar-refractivity contribution in [3.05, 3.63) is 36.2 Å². The first-order valence-electron chi connectivity index (χ1n) is 8.72. The number of aliphatic carboxylic acids is 1. The van der Waals surface area contributed by atoms with Gasteiger partial charge in [-0.05, 0) is 26.8 Å². The Hall–Kier alpha value is -3.18. The van der Waals surface area contributed by atoms with Crippen LogP contribution in [0.4, 0.5) is 19.1 Å². The molecule has 0 aliphatic carbocycles. The summed E-state index contributed by atoms with van der Waals surface area (Å²) in [5.74, 6) is -1.33. The molecule has 2 aromatic rings. The van der Waals surface area contributed by atoms with Gasteiger partial charge in [-0.2, -0.15) is 13.2 Å². The predicted octanol–water partition coefficient (Wildman–Crippen LogP) is 2.03. The van der Waals surface area contributed by atoms with E-state index in [9.17, 15) is 18.0 Å². The molecular formula is C17H21F3N6O3. The number of rotatable bonds is 3. The first kappa shape index (κ1) is 22.1. The van der Waals surface area contributed by atoms with E-state index in [1.54, 1.807) is 18.5 Å². The molecule has 1 unspecified atom stereocenters. The van der Waals surface area contributed by atoms with Crippen molar-refractivity contribution >= 4 is 17.8 Å². The number of anilines is 1. The largest absolute Gasteiger partial charge is 0.490 e. The summed E-state index contributed by atoms with van der Waals surface area (Å²) < 4.78 is 33.8. The summed E-state index contributed by atoms with van der Waals surface area (Å²) in [7, 11) is 0. The fraction of sp³-hybridized carbons (Fsp3) is 0.471. The van der Waals surface area contributed by atoms with Crippen molar-refractivity contribution in [2.24, 2.45) is 0 Å². The van der Waals surface area contributed by atoms with Crippen LogP contribution in [0.3, 0.4) is 0 Å². The molecule has 0 saturated heterocycles. The lowest BCUT2D eigenvalue weighted by molar-refractivity contribution is -0.192. The molecule has 2 aromatic heterocycles. The summed E-state index contributed by atoms with van der Waals surface area (Å²) in [5.41, 5.74) is 0.464. The minimum Gasteiger partial charge on any atom is -0.475 e. The van der Waals surface area contributed by atoms with Crippen molar-refractivity contribution in [3.63, 3.8) is 0 Å². The lowest BCUT2D eigenvalue weighted by Crippen LogP contribution is -2.37. The first-order chi connectivity index (χ1) is 13.5. The summed E-state index contributed by atoms with van der Waals surface area (Å²) in [6, 6.07) is 1.92. The van der Waals surface area contributed by atoms with Gasteiger partial charge < -0.3 is 19.9 Å². The number of halogens is 3. The van der Waals surface area contributed by atoms with Gasteiger partial charge in [0.1, 0.15) is 11.5 Å². The number of fused-ring (bicyclic) bond motifs is 1. The lowest BCUT2D eigenvalue weighted by atomic mass is 10.2. The van der Waals surface area contributed by atoms with Gasteiger partial charge in [0, 0.05) is 37.7 Å². The third-order valence-corrected chi connectivity index (χ3v) is 3.93. The fourth-order valence-corrected chi connectivity index (χ4v) is 2.65. The number of carboxylic acid groups (broad SMARTS) is 1. The number of carbonyl (C=O) groups excluding carboxylic acids is 1. The quantitative estimate of drug-likeness (QED) is 0.790. The SMILES string of the molecule is CC(C)NC(=O)c1cn2c(n1)C(C)N(c1ncccn1)CC2.O=C(O)C(F)(F)F. The van der Waals surface area contributed by atoms with Gasteiger partial charge >= 0.3 is 12.1 Å². The monoisotopic (exact) mass is 414 g/mol. The van der Waals surface area contributed by atoms with Crippen LogP contribution in [0.1, 0.15) is 43.1 Å². The van der Waals surface area contributed by atoms with Crippen molar-refractivity contribution in [3.8, 4) is 0 Å². The van der Waals surface area contributed by atoms with Gasteiger partial charge in [0.05, 0.1) is 6.04 Å². The molecule has 12 heteroatoms. The van der Waals surface area contributed by atoms with Gasteiger partial charge in [0.25, 0.3) is 5.91 Å². The molecule has 1 amide bonds. The van der Waals surface area contributed by atoms with Crippen molar-refractivity contribution in [1.29, 1.82) is 0 Å². The Bertz CT molecular complexity index is 854. The van der Waals surface area contributed by atoms with E-state index in [4.69, 9.17) is 9.90 Å². The Morgan fingerprint density at radius 1 is 1.24 bits per heavy atom. The molecule has 0 saturated carbocycles. The number of aromatic nitrogens is 4. The molecule has 3 rings (SSSR count). The Kier molecular flexibility index (Phi) is 6.77. The zero-order valence-corrected chi connectivity index (χ0v) is 16.0. The number of carboxylic acids is 1. The molecular weight excluding hydrogens is 393 g/mol. The van der Waals surface area contributed by atoms with Crippen LogP contribution in [-0.4, -0.2) is 55.3 Å². The van der Waals surface area contributed by atoms with E-state index < -0.39 is 12.1 Å². The lowest BCUT2D eigenvalue weighted by Gasteiger charge is -2.33. The normalized spacial score (nSPS) is 16.0. The van der Waals surface area contributed by atoms with Crippen LogP contribution in [0, 0.1) is 0 Å². The molecule has 0 aromatic carbocycles. The van der Waals surface area contributed by atoms with Crippen LogP contribution < -0.4 is 10.2 Å². The zero-order chi connectivity index (χ0) is 21.8. The van der Waals surface area contributed by atoms with Crippen LogP contribution in [0.25, 0.3) is 0 Å². The standard InChI is InChI=1S/C15H20N6O.C2HF3O2/c1-10(2)18-14(22)12-9-20-7-8-21(11(3)13(20)19-12)15-16-5-4-6-17-15;3-2(4,5)1(6)7/h4-6,9-11H,7-8H2,1-3H3,(H,18,22);(H,6,7). The van der Waals surface area contributed by atoms with E-state index in [0.29, 0.717) is 11.6 Å². The van der Waals surface area contributed by atoms with Gasteiger partial charge in [0.2, 0.25) is 5.95 Å². The van der Waals surface area contributed by atoms with Crippen LogP contribution in [0.2, 0.25) is 0 Å². The van der Waals surface area contributed by atoms with E-state index in [2.05, 4.69) is 32.1 Å². The smallest absolute Gasteiger partial charge is 0.475 e. The second-order valence-electron chi connectivity index (χ2n) is 6.53. The topological polar surface area (TPSA) is 113 Å². The molecule has 1 atom stereocenters. The average Bonchev–Trinajstić information content (AvgIpc) is 3.07. The van der Waals surface area contributed by atoms with Crippen LogP contribution >= 0.6 is 0 Å². The van der Waals surface area contributed by atoms with Gasteiger partial charge in [-0.15, -0.1) is 0 Å². The van der Waals surface area contributed by atoms with Crippen LogP contribution in [-0.2, 0) is 11.3 Å². The Morgan fingerprint density at radius 3 is 2.34 bits per heavy atom. The van der Waals surface area contributed by atoms with Crippen molar-refractivity contribution in [1.82, 2.24) is 24.8 Å². The highest BCUT2D eigenvalue weighted by molar-refractivity contribution is 5.92. The van der Waals surface area contributed by atoms with E-state index in [1.165, 1.54) is 0 Å². The van der Waals surface area contributed by atoms with Gasteiger partial charge in [-0.25, -0.2) is 19.7 Å². The molecule has 3 heterocycles. The summed E-state index contributed by atoms with van der Waals surface area (Å²) in [4.78, 5) is 36.2. The molecule has 2 N–H and O–H groups in total. The van der Waals surface area contributed by atoms with E-state index in [0.717, 1.165) is 18.9 Å². The van der Waals surface area contributed by atoms with Crippen LogP contribution in [0.15, 0.2) is 24.7 Å². The molecule has 0 radical (unpaired) electrons. The number of amides is 1. The van der Waals surface area contributed by atoms with E-state index in [1.807, 2.05) is 24.6 Å². The predicted molar refractivity (Wildman–Crippen MR) is 96.3 cm³/mol. The molecule has 29 heavy (non-hydrogen) atoms. The van der Waals surface area contributed by atoms with Gasteiger partial charge in [-0.3, -0.25) is 4.79 Å². The number of alkyl halides is 3. The first-order valence-corrected chi connectivity index (χ1v) is 8.72. The Balaban J connectivity index is 0.000000370. The Labute approximate surface area is 164 Å². The molecule has 0 spiro atoms. The van der Waals surface area contributed by atoms with Gasteiger partial charge in [0.15, 0.2) is 0 Å². The zero-order valence-electron chi connectivity index (χ0n) is 16.0. The summed E-state index contributed by atoms with van der Waals surface area (Å²) >= 11 is 0. The molecule has 9 nitrogen and oxygen atoms in total. The molecule has 0 fully saturated rings. The summed E-state index contributed by atoms with van der Waals surface area (Å²) in [5, 5.41) is 10.00. The second kappa shape index (κ2) is 8.88. The highest BCUT2D eigenvalue weighted by Crippen LogP contribution is 2.27. The van der Waals surface area contributed by atoms with Crippen molar-refractivity contribution in [2.45, 2.75) is 45.6 Å². The third kappa shape index (κ3) is 5.65. The molecule has 1 aliphatic rings. The molecule has 1 aliphatic heterocycles. The number of nitrogens with zero attached hydrogens (tertiary/aromatic N) is 5. The van der Waals surface area contributed by atoms with Crippen LogP contribution in [0.5, 0.6) is 0 Å². The van der Waals surface area contributed by atoms with Gasteiger partial charge in [-0.1, -0.05) is 0 Å². The summed E-state index contributed by atoms with van der Waals surface area (Å²) in [6.45, 7) is 7.48. The number of imidazole rings is 1. The maximum atomic E-state index is 12.1. The third-order valence-electron chi connectivity index (χ3n) is 3.93. The number of hydrogen-bond acceptors (Lipinski definition) is 6.